The Bertz CT molecular complexity index is 1140. The van der Waals surface area contributed by atoms with Crippen LogP contribution < -0.4 is 31.5 Å². The first-order valence-corrected chi connectivity index (χ1v) is 14.7. The number of likely N-dealkylation sites (tertiary alicyclic amines) is 1. The Morgan fingerprint density at radius 2 is 1.25 bits per heavy atom. The minimum absolute atomic E-state index is 0.0501. The van der Waals surface area contributed by atoms with Crippen LogP contribution in [0.2, 0.25) is 0 Å². The number of carbonyl (C=O) groups excluding carboxylic acids is 6. The molecule has 0 saturated carbocycles. The van der Waals surface area contributed by atoms with Gasteiger partial charge in [-0.2, -0.15) is 0 Å². The monoisotopic (exact) mass is 617 g/mol. The lowest BCUT2D eigenvalue weighted by atomic mass is 10.0. The third-order valence-electron chi connectivity index (χ3n) is 6.86. The topological polar surface area (TPSA) is 206 Å². The second kappa shape index (κ2) is 19.6. The van der Waals surface area contributed by atoms with Crippen LogP contribution in [-0.2, 0) is 33.6 Å². The lowest BCUT2D eigenvalue weighted by molar-refractivity contribution is -0.137. The molecule has 1 aromatic carbocycles. The zero-order valence-electron chi connectivity index (χ0n) is 25.1. The molecule has 1 aliphatic heterocycles. The first-order valence-electron chi connectivity index (χ1n) is 14.7. The van der Waals surface area contributed by atoms with Gasteiger partial charge in [0.15, 0.2) is 0 Å². The number of aliphatic carboxylic acids is 1. The van der Waals surface area contributed by atoms with Gasteiger partial charge >= 0.3 is 5.97 Å². The van der Waals surface area contributed by atoms with Crippen molar-refractivity contribution in [3.63, 3.8) is 0 Å². The number of carboxylic acid groups (broad SMARTS) is 1. The average molecular weight is 618 g/mol. The standard InChI is InChI=1S/C29H43N7O8/c1-2-28(42)36(21-7-4-3-5-8-21)22-11-14-35(15-12-22)16-13-30-23(37)9-6-10-24(38)31-17-25(39)32-18-26(40)33-19-27(41)34-20-29(43)44/h3-5,7-8,22H,2,6,9-20H2,1H3,(H,30,37)(H,31,38)(H,32,39)(H,33,40)(H,34,41)(H,43,44). The smallest absolute Gasteiger partial charge is 0.322 e. The summed E-state index contributed by atoms with van der Waals surface area (Å²) in [5, 5.41) is 20.3. The van der Waals surface area contributed by atoms with Crippen molar-refractivity contribution in [2.75, 3.05) is 57.3 Å². The molecule has 242 valence electrons. The molecule has 15 nitrogen and oxygen atoms in total. The minimum atomic E-state index is -1.22. The zero-order valence-corrected chi connectivity index (χ0v) is 25.1. The van der Waals surface area contributed by atoms with Gasteiger partial charge in [-0.05, 0) is 31.4 Å². The van der Waals surface area contributed by atoms with Gasteiger partial charge in [-0.3, -0.25) is 33.6 Å². The van der Waals surface area contributed by atoms with E-state index >= 15 is 0 Å². The molecule has 6 amide bonds. The predicted molar refractivity (Wildman–Crippen MR) is 160 cm³/mol. The van der Waals surface area contributed by atoms with Crippen LogP contribution in [0.15, 0.2) is 30.3 Å². The van der Waals surface area contributed by atoms with Crippen LogP contribution >= 0.6 is 0 Å². The average Bonchev–Trinajstić information content (AvgIpc) is 3.02. The highest BCUT2D eigenvalue weighted by molar-refractivity contribution is 5.94. The van der Waals surface area contributed by atoms with Gasteiger partial charge in [-0.1, -0.05) is 25.1 Å². The van der Waals surface area contributed by atoms with E-state index in [1.807, 2.05) is 42.2 Å². The summed E-state index contributed by atoms with van der Waals surface area (Å²) in [5.74, 6) is -3.67. The molecule has 1 saturated heterocycles. The molecule has 0 bridgehead atoms. The van der Waals surface area contributed by atoms with Crippen LogP contribution in [0, 0.1) is 0 Å². The van der Waals surface area contributed by atoms with Crippen molar-refractivity contribution in [2.45, 2.75) is 51.5 Å². The normalized spacial score (nSPS) is 13.3. The van der Waals surface area contributed by atoms with E-state index in [0.29, 0.717) is 25.9 Å². The Balaban J connectivity index is 1.53. The molecule has 0 atom stereocenters. The number of piperidine rings is 1. The van der Waals surface area contributed by atoms with Crippen molar-refractivity contribution < 1.29 is 38.7 Å². The number of nitrogens with one attached hydrogen (secondary N) is 5. The van der Waals surface area contributed by atoms with Crippen molar-refractivity contribution in [3.8, 4) is 0 Å². The van der Waals surface area contributed by atoms with Gasteiger partial charge in [0, 0.05) is 57.2 Å². The first-order chi connectivity index (χ1) is 21.1. The summed E-state index contributed by atoms with van der Waals surface area (Å²) in [5.41, 5.74) is 0.920. The fourth-order valence-electron chi connectivity index (χ4n) is 4.56. The molecular formula is C29H43N7O8. The fraction of sp³-hybridized carbons (Fsp3) is 0.552. The summed E-state index contributed by atoms with van der Waals surface area (Å²) in [6, 6.07) is 9.86. The number of amides is 6. The van der Waals surface area contributed by atoms with Crippen LogP contribution in [0.4, 0.5) is 5.69 Å². The van der Waals surface area contributed by atoms with Gasteiger partial charge in [-0.15, -0.1) is 0 Å². The van der Waals surface area contributed by atoms with Crippen molar-refractivity contribution in [3.05, 3.63) is 30.3 Å². The molecule has 2 rings (SSSR count). The highest BCUT2D eigenvalue weighted by Gasteiger charge is 2.28. The first kappa shape index (κ1) is 35.7. The summed E-state index contributed by atoms with van der Waals surface area (Å²) >= 11 is 0. The molecule has 1 aliphatic rings. The Kier molecular flexibility index (Phi) is 15.9. The number of hydrogen-bond acceptors (Lipinski definition) is 8. The second-order valence-corrected chi connectivity index (χ2v) is 10.2. The Morgan fingerprint density at radius 3 is 1.77 bits per heavy atom. The number of nitrogens with zero attached hydrogens (tertiary/aromatic N) is 2. The van der Waals surface area contributed by atoms with Crippen molar-refractivity contribution in [2.24, 2.45) is 0 Å². The van der Waals surface area contributed by atoms with E-state index in [9.17, 15) is 33.6 Å². The third kappa shape index (κ3) is 14.1. The highest BCUT2D eigenvalue weighted by Crippen LogP contribution is 2.24. The summed E-state index contributed by atoms with van der Waals surface area (Å²) in [6.45, 7) is 2.89. The van der Waals surface area contributed by atoms with E-state index in [2.05, 4.69) is 31.5 Å². The predicted octanol–water partition coefficient (Wildman–Crippen LogP) is -1.27. The Morgan fingerprint density at radius 1 is 0.750 bits per heavy atom. The fourth-order valence-corrected chi connectivity index (χ4v) is 4.56. The van der Waals surface area contributed by atoms with E-state index in [-0.39, 0.29) is 37.2 Å². The van der Waals surface area contributed by atoms with Crippen LogP contribution in [0.1, 0.15) is 45.4 Å². The Labute approximate surface area is 256 Å². The van der Waals surface area contributed by atoms with Crippen molar-refractivity contribution in [1.29, 1.82) is 0 Å². The van der Waals surface area contributed by atoms with E-state index in [1.54, 1.807) is 0 Å². The number of rotatable bonds is 18. The number of carbonyl (C=O) groups is 7. The van der Waals surface area contributed by atoms with Gasteiger partial charge in [0.2, 0.25) is 35.4 Å². The number of hydrogen-bond donors (Lipinski definition) is 6. The summed E-state index contributed by atoms with van der Waals surface area (Å²) < 4.78 is 0. The second-order valence-electron chi connectivity index (χ2n) is 10.2. The van der Waals surface area contributed by atoms with Gasteiger partial charge in [0.25, 0.3) is 0 Å². The van der Waals surface area contributed by atoms with Gasteiger partial charge < -0.3 is 41.5 Å². The van der Waals surface area contributed by atoms with Crippen LogP contribution in [0.25, 0.3) is 0 Å². The molecule has 0 aliphatic carbocycles. The van der Waals surface area contributed by atoms with Crippen molar-refractivity contribution in [1.82, 2.24) is 31.5 Å². The zero-order chi connectivity index (χ0) is 32.3. The van der Waals surface area contributed by atoms with Crippen molar-refractivity contribution >= 4 is 47.1 Å². The van der Waals surface area contributed by atoms with Gasteiger partial charge in [0.1, 0.15) is 6.54 Å². The van der Waals surface area contributed by atoms with Gasteiger partial charge in [0.05, 0.1) is 19.6 Å². The largest absolute Gasteiger partial charge is 0.480 e. The molecule has 1 heterocycles. The maximum atomic E-state index is 12.6. The lowest BCUT2D eigenvalue weighted by Gasteiger charge is -2.38. The lowest BCUT2D eigenvalue weighted by Crippen LogP contribution is -2.48. The van der Waals surface area contributed by atoms with Crippen LogP contribution in [0.3, 0.4) is 0 Å². The molecule has 6 N–H and O–H groups in total. The third-order valence-corrected chi connectivity index (χ3v) is 6.86. The summed E-state index contributed by atoms with van der Waals surface area (Å²) in [4.78, 5) is 86.2. The SMILES string of the molecule is CCC(=O)N(c1ccccc1)C1CCN(CCNC(=O)CCCC(=O)NCC(=O)NCC(=O)NCC(=O)NCC(=O)O)CC1. The number of para-hydroxylation sites is 1. The molecule has 44 heavy (non-hydrogen) atoms. The van der Waals surface area contributed by atoms with Gasteiger partial charge in [-0.25, -0.2) is 0 Å². The quantitative estimate of drug-likeness (QED) is 0.116. The molecule has 15 heteroatoms. The van der Waals surface area contributed by atoms with Crippen LogP contribution in [0.5, 0.6) is 0 Å². The molecule has 1 aromatic rings. The minimum Gasteiger partial charge on any atom is -0.480 e. The highest BCUT2D eigenvalue weighted by atomic mass is 16.4. The Hall–Kier alpha value is -4.53. The molecule has 0 spiro atoms. The van der Waals surface area contributed by atoms with E-state index < -0.39 is 49.2 Å². The van der Waals surface area contributed by atoms with E-state index in [4.69, 9.17) is 5.11 Å². The summed E-state index contributed by atoms with van der Waals surface area (Å²) in [7, 11) is 0. The summed E-state index contributed by atoms with van der Waals surface area (Å²) in [6.07, 6.45) is 2.66. The molecule has 0 aromatic heterocycles. The van der Waals surface area contributed by atoms with Crippen LogP contribution in [-0.4, -0.2) is 110 Å². The van der Waals surface area contributed by atoms with E-state index in [1.165, 1.54) is 0 Å². The molecular weight excluding hydrogens is 574 g/mol. The number of anilines is 1. The molecule has 1 fully saturated rings. The number of benzene rings is 1. The maximum absolute atomic E-state index is 12.6. The number of carboxylic acids is 1. The maximum Gasteiger partial charge on any atom is 0.322 e. The molecule has 0 radical (unpaired) electrons. The van der Waals surface area contributed by atoms with E-state index in [0.717, 1.165) is 31.6 Å². The molecule has 0 unspecified atom stereocenters.